The molecule has 1 atom stereocenters. The maximum absolute atomic E-state index is 14.4. The molecule has 0 unspecified atom stereocenters. The SMILES string of the molecule is CCOC(=O)Cc1[nH]nc2c1[C@H](c1ccccc1F)C(C#N)=C(N)O2. The first-order valence-electron chi connectivity index (χ1n) is 7.61. The summed E-state index contributed by atoms with van der Waals surface area (Å²) >= 11 is 0. The van der Waals surface area contributed by atoms with Crippen LogP contribution in [0.4, 0.5) is 4.39 Å². The second-order valence-electron chi connectivity index (χ2n) is 5.35. The van der Waals surface area contributed by atoms with Crippen molar-refractivity contribution in [3.63, 3.8) is 0 Å². The van der Waals surface area contributed by atoms with Crippen molar-refractivity contribution in [2.75, 3.05) is 6.61 Å². The van der Waals surface area contributed by atoms with E-state index < -0.39 is 17.7 Å². The van der Waals surface area contributed by atoms with Crippen LogP contribution >= 0.6 is 0 Å². The van der Waals surface area contributed by atoms with Crippen LogP contribution in [0.25, 0.3) is 0 Å². The maximum atomic E-state index is 14.4. The number of esters is 1. The molecule has 0 fully saturated rings. The third-order valence-electron chi connectivity index (χ3n) is 3.86. The number of aromatic nitrogens is 2. The summed E-state index contributed by atoms with van der Waals surface area (Å²) in [7, 11) is 0. The summed E-state index contributed by atoms with van der Waals surface area (Å²) in [5, 5.41) is 16.2. The number of nitrogens with two attached hydrogens (primary N) is 1. The average Bonchev–Trinajstić information content (AvgIpc) is 2.96. The summed E-state index contributed by atoms with van der Waals surface area (Å²) in [6, 6.07) is 8.03. The van der Waals surface area contributed by atoms with Gasteiger partial charge in [-0.2, -0.15) is 5.26 Å². The zero-order valence-corrected chi connectivity index (χ0v) is 13.4. The van der Waals surface area contributed by atoms with Crippen molar-refractivity contribution in [3.8, 4) is 11.9 Å². The van der Waals surface area contributed by atoms with Crippen molar-refractivity contribution in [2.24, 2.45) is 5.73 Å². The minimum Gasteiger partial charge on any atom is -0.466 e. The molecular weight excluding hydrogens is 327 g/mol. The van der Waals surface area contributed by atoms with E-state index in [4.69, 9.17) is 15.2 Å². The highest BCUT2D eigenvalue weighted by Crippen LogP contribution is 2.43. The van der Waals surface area contributed by atoms with Crippen molar-refractivity contribution in [2.45, 2.75) is 19.3 Å². The minimum atomic E-state index is -0.821. The molecule has 2 aromatic rings. The molecular formula is C17H15FN4O3. The molecule has 1 aliphatic rings. The molecule has 0 amide bonds. The fourth-order valence-electron chi connectivity index (χ4n) is 2.82. The van der Waals surface area contributed by atoms with Gasteiger partial charge >= 0.3 is 5.97 Å². The number of carbonyl (C=O) groups is 1. The third kappa shape index (κ3) is 2.92. The van der Waals surface area contributed by atoms with Crippen LogP contribution < -0.4 is 10.5 Å². The molecule has 0 spiro atoms. The van der Waals surface area contributed by atoms with Crippen LogP contribution in [0.2, 0.25) is 0 Å². The molecule has 25 heavy (non-hydrogen) atoms. The van der Waals surface area contributed by atoms with Gasteiger partial charge in [0.15, 0.2) is 0 Å². The number of H-pyrrole nitrogens is 1. The van der Waals surface area contributed by atoms with Crippen molar-refractivity contribution >= 4 is 5.97 Å². The Kier molecular flexibility index (Phi) is 4.39. The molecule has 0 saturated carbocycles. The summed E-state index contributed by atoms with van der Waals surface area (Å²) < 4.78 is 24.7. The number of carbonyl (C=O) groups excluding carboxylic acids is 1. The lowest BCUT2D eigenvalue weighted by Gasteiger charge is -2.24. The molecule has 0 bridgehead atoms. The van der Waals surface area contributed by atoms with E-state index in [0.29, 0.717) is 11.3 Å². The molecule has 1 aliphatic heterocycles. The van der Waals surface area contributed by atoms with Gasteiger partial charge in [0.25, 0.3) is 0 Å². The van der Waals surface area contributed by atoms with Gasteiger partial charge in [-0.05, 0) is 13.0 Å². The highest BCUT2D eigenvalue weighted by atomic mass is 19.1. The molecule has 1 aromatic heterocycles. The second-order valence-corrected chi connectivity index (χ2v) is 5.35. The Morgan fingerprint density at radius 1 is 1.52 bits per heavy atom. The van der Waals surface area contributed by atoms with Crippen LogP contribution in [-0.2, 0) is 16.0 Å². The van der Waals surface area contributed by atoms with E-state index in [1.54, 1.807) is 25.1 Å². The molecule has 7 nitrogen and oxygen atoms in total. The highest BCUT2D eigenvalue weighted by molar-refractivity contribution is 5.73. The topological polar surface area (TPSA) is 114 Å². The van der Waals surface area contributed by atoms with Crippen LogP contribution in [0.3, 0.4) is 0 Å². The average molecular weight is 342 g/mol. The number of nitriles is 1. The molecule has 8 heteroatoms. The molecule has 1 aromatic carbocycles. The lowest BCUT2D eigenvalue weighted by molar-refractivity contribution is -0.142. The zero-order valence-electron chi connectivity index (χ0n) is 13.4. The van der Waals surface area contributed by atoms with Gasteiger partial charge in [0.1, 0.15) is 17.5 Å². The number of ether oxygens (including phenoxy) is 2. The molecule has 3 rings (SSSR count). The lowest BCUT2D eigenvalue weighted by atomic mass is 9.83. The summed E-state index contributed by atoms with van der Waals surface area (Å²) in [6.45, 7) is 1.93. The van der Waals surface area contributed by atoms with E-state index in [0.717, 1.165) is 0 Å². The first-order valence-corrected chi connectivity index (χ1v) is 7.61. The van der Waals surface area contributed by atoms with Crippen LogP contribution in [-0.4, -0.2) is 22.8 Å². The smallest absolute Gasteiger partial charge is 0.311 e. The molecule has 3 N–H and O–H groups in total. The number of nitrogens with zero attached hydrogens (tertiary/aromatic N) is 2. The summed E-state index contributed by atoms with van der Waals surface area (Å²) in [5.74, 6) is -1.81. The van der Waals surface area contributed by atoms with E-state index in [2.05, 4.69) is 10.2 Å². The number of hydrogen-bond acceptors (Lipinski definition) is 6. The number of halogens is 1. The van der Waals surface area contributed by atoms with Crippen molar-refractivity contribution in [1.29, 1.82) is 5.26 Å². The monoisotopic (exact) mass is 342 g/mol. The van der Waals surface area contributed by atoms with E-state index in [-0.39, 0.29) is 35.9 Å². The number of nitrogens with one attached hydrogen (secondary N) is 1. The maximum Gasteiger partial charge on any atom is 0.311 e. The fraction of sp³-hybridized carbons (Fsp3) is 0.235. The van der Waals surface area contributed by atoms with Crippen molar-refractivity contribution < 1.29 is 18.7 Å². The lowest BCUT2D eigenvalue weighted by Crippen LogP contribution is -2.22. The van der Waals surface area contributed by atoms with Crippen LogP contribution in [0.5, 0.6) is 5.88 Å². The number of hydrogen-bond donors (Lipinski definition) is 2. The first-order chi connectivity index (χ1) is 12.1. The summed E-state index contributed by atoms with van der Waals surface area (Å²) in [6.07, 6.45) is -0.108. The van der Waals surface area contributed by atoms with Gasteiger partial charge < -0.3 is 15.2 Å². The fourth-order valence-corrected chi connectivity index (χ4v) is 2.82. The van der Waals surface area contributed by atoms with Gasteiger partial charge in [-0.25, -0.2) is 4.39 Å². The van der Waals surface area contributed by atoms with Crippen molar-refractivity contribution in [1.82, 2.24) is 10.2 Å². The molecule has 0 radical (unpaired) electrons. The van der Waals surface area contributed by atoms with E-state index in [9.17, 15) is 14.4 Å². The number of aromatic amines is 1. The Balaban J connectivity index is 2.14. The van der Waals surface area contributed by atoms with Gasteiger partial charge in [0, 0.05) is 5.56 Å². The van der Waals surface area contributed by atoms with Gasteiger partial charge in [-0.1, -0.05) is 18.2 Å². The van der Waals surface area contributed by atoms with Gasteiger partial charge in [0.2, 0.25) is 11.8 Å². The zero-order chi connectivity index (χ0) is 18.0. The number of rotatable bonds is 4. The Morgan fingerprint density at radius 3 is 2.96 bits per heavy atom. The Bertz CT molecular complexity index is 898. The third-order valence-corrected chi connectivity index (χ3v) is 3.86. The van der Waals surface area contributed by atoms with Crippen LogP contribution in [0, 0.1) is 17.1 Å². The predicted molar refractivity (Wildman–Crippen MR) is 84.6 cm³/mol. The Labute approximate surface area is 142 Å². The van der Waals surface area contributed by atoms with E-state index >= 15 is 0 Å². The molecule has 0 saturated heterocycles. The number of allylic oxidation sites excluding steroid dienone is 1. The number of benzene rings is 1. The van der Waals surface area contributed by atoms with Crippen molar-refractivity contribution in [3.05, 3.63) is 58.4 Å². The Morgan fingerprint density at radius 2 is 2.28 bits per heavy atom. The molecule has 128 valence electrons. The number of fused-ring (bicyclic) bond motifs is 1. The molecule has 2 heterocycles. The highest BCUT2D eigenvalue weighted by Gasteiger charge is 2.36. The normalized spacial score (nSPS) is 16.0. The standard InChI is InChI=1S/C17H15FN4O3/c1-2-24-13(23)7-12-15-14(9-5-3-4-6-11(9)18)10(8-19)16(20)25-17(15)22-21-12/h3-6,14H,2,7,20H2,1H3,(H,21,22)/t14-/m1/s1. The second kappa shape index (κ2) is 6.65. The predicted octanol–water partition coefficient (Wildman–Crippen LogP) is 1.87. The minimum absolute atomic E-state index is 0.0594. The van der Waals surface area contributed by atoms with Crippen LogP contribution in [0.15, 0.2) is 35.7 Å². The first kappa shape index (κ1) is 16.5. The van der Waals surface area contributed by atoms with Gasteiger partial charge in [-0.15, -0.1) is 5.10 Å². The van der Waals surface area contributed by atoms with Crippen LogP contribution in [0.1, 0.15) is 29.7 Å². The van der Waals surface area contributed by atoms with E-state index in [1.807, 2.05) is 6.07 Å². The van der Waals surface area contributed by atoms with E-state index in [1.165, 1.54) is 6.07 Å². The quantitative estimate of drug-likeness (QED) is 0.820. The van der Waals surface area contributed by atoms with Gasteiger partial charge in [-0.3, -0.25) is 9.89 Å². The summed E-state index contributed by atoms with van der Waals surface area (Å²) in [4.78, 5) is 11.8. The Hall–Kier alpha value is -3.34. The molecule has 0 aliphatic carbocycles. The van der Waals surface area contributed by atoms with Gasteiger partial charge in [0.05, 0.1) is 30.2 Å². The summed E-state index contributed by atoms with van der Waals surface area (Å²) in [5.41, 5.74) is 6.91. The largest absolute Gasteiger partial charge is 0.466 e.